The van der Waals surface area contributed by atoms with Crippen LogP contribution in [0.1, 0.15) is 20.8 Å². The van der Waals surface area contributed by atoms with Crippen molar-refractivity contribution in [2.45, 2.75) is 0 Å². The number of carboxylic acids is 1. The van der Waals surface area contributed by atoms with Gasteiger partial charge in [-0.2, -0.15) is 15.4 Å². The summed E-state index contributed by atoms with van der Waals surface area (Å²) in [5.74, 6) is -1.63. The molecule has 8 heteroatoms. The number of aromatic carboxylic acids is 1. The Morgan fingerprint density at radius 3 is 2.78 bits per heavy atom. The summed E-state index contributed by atoms with van der Waals surface area (Å²) < 4.78 is 0.768. The van der Waals surface area contributed by atoms with Crippen LogP contribution in [0.2, 0.25) is 0 Å². The number of anilines is 1. The van der Waals surface area contributed by atoms with E-state index in [1.807, 2.05) is 22.6 Å². The van der Waals surface area contributed by atoms with Crippen LogP contribution in [0.25, 0.3) is 0 Å². The molecular weight excluding hydrogens is 351 g/mol. The fraction of sp³-hybridized carbons (Fsp3) is 0. The molecule has 0 saturated carbocycles. The summed E-state index contributed by atoms with van der Waals surface area (Å²) in [6, 6.07) is 4.70. The molecule has 1 amide bonds. The third kappa shape index (κ3) is 2.64. The predicted molar refractivity (Wildman–Crippen MR) is 70.5 cm³/mol. The van der Waals surface area contributed by atoms with Gasteiger partial charge in [0.2, 0.25) is 0 Å². The van der Waals surface area contributed by atoms with Gasteiger partial charge in [0.1, 0.15) is 0 Å². The molecule has 0 aliphatic heterocycles. The van der Waals surface area contributed by atoms with Gasteiger partial charge in [-0.15, -0.1) is 0 Å². The highest BCUT2D eigenvalue weighted by Gasteiger charge is 2.15. The quantitative estimate of drug-likeness (QED) is 0.718. The van der Waals surface area contributed by atoms with Gasteiger partial charge in [-0.1, -0.05) is 0 Å². The SMILES string of the molecule is O=C(Nc1ccc(I)cc1C(=O)O)c1cn[nH]n1. The second-order valence-electron chi connectivity index (χ2n) is 3.30. The van der Waals surface area contributed by atoms with E-state index in [1.165, 1.54) is 18.3 Å². The fourth-order valence-electron chi connectivity index (χ4n) is 1.30. The lowest BCUT2D eigenvalue weighted by molar-refractivity contribution is 0.0698. The van der Waals surface area contributed by atoms with E-state index >= 15 is 0 Å². The van der Waals surface area contributed by atoms with Crippen molar-refractivity contribution < 1.29 is 14.7 Å². The van der Waals surface area contributed by atoms with E-state index in [-0.39, 0.29) is 16.9 Å². The predicted octanol–water partition coefficient (Wildman–Crippen LogP) is 1.36. The van der Waals surface area contributed by atoms with Crippen molar-refractivity contribution in [1.29, 1.82) is 0 Å². The number of rotatable bonds is 3. The van der Waals surface area contributed by atoms with Crippen LogP contribution in [0, 0.1) is 3.57 Å². The average molecular weight is 358 g/mol. The van der Waals surface area contributed by atoms with E-state index in [1.54, 1.807) is 6.07 Å². The maximum absolute atomic E-state index is 11.7. The van der Waals surface area contributed by atoms with E-state index in [2.05, 4.69) is 20.7 Å². The van der Waals surface area contributed by atoms with Crippen LogP contribution in [0.4, 0.5) is 5.69 Å². The summed E-state index contributed by atoms with van der Waals surface area (Å²) in [5.41, 5.74) is 0.333. The number of nitrogens with one attached hydrogen (secondary N) is 2. The average Bonchev–Trinajstić information content (AvgIpc) is 2.84. The first kappa shape index (κ1) is 12.5. The molecule has 0 fully saturated rings. The van der Waals surface area contributed by atoms with E-state index < -0.39 is 11.9 Å². The van der Waals surface area contributed by atoms with Gasteiger partial charge in [0.05, 0.1) is 17.4 Å². The van der Waals surface area contributed by atoms with E-state index in [0.717, 1.165) is 3.57 Å². The highest BCUT2D eigenvalue weighted by Crippen LogP contribution is 2.19. The molecule has 7 nitrogen and oxygen atoms in total. The van der Waals surface area contributed by atoms with E-state index in [4.69, 9.17) is 5.11 Å². The standard InChI is InChI=1S/C10H7IN4O3/c11-5-1-2-7(6(3-5)10(17)18)13-9(16)8-4-12-15-14-8/h1-4H,(H,13,16)(H,17,18)(H,12,14,15). The van der Waals surface area contributed by atoms with Crippen molar-refractivity contribution in [1.82, 2.24) is 15.4 Å². The van der Waals surface area contributed by atoms with Crippen LogP contribution < -0.4 is 5.32 Å². The molecule has 0 aliphatic carbocycles. The Bertz CT molecular complexity index is 597. The Hall–Kier alpha value is -1.97. The first-order chi connectivity index (χ1) is 8.58. The third-order valence-electron chi connectivity index (χ3n) is 2.11. The van der Waals surface area contributed by atoms with Crippen molar-refractivity contribution in [2.75, 3.05) is 5.32 Å². The van der Waals surface area contributed by atoms with Crippen LogP contribution in [0.15, 0.2) is 24.4 Å². The number of aromatic nitrogens is 3. The van der Waals surface area contributed by atoms with Gasteiger partial charge in [-0.25, -0.2) is 4.79 Å². The summed E-state index contributed by atoms with van der Waals surface area (Å²) in [4.78, 5) is 22.8. The maximum Gasteiger partial charge on any atom is 0.337 e. The smallest absolute Gasteiger partial charge is 0.337 e. The van der Waals surface area contributed by atoms with Crippen molar-refractivity contribution in [3.05, 3.63) is 39.2 Å². The molecule has 0 unspecified atom stereocenters. The lowest BCUT2D eigenvalue weighted by atomic mass is 10.2. The van der Waals surface area contributed by atoms with Crippen LogP contribution in [0.5, 0.6) is 0 Å². The number of aromatic amines is 1. The number of hydrogen-bond donors (Lipinski definition) is 3. The number of carboxylic acid groups (broad SMARTS) is 1. The van der Waals surface area contributed by atoms with Gasteiger partial charge >= 0.3 is 5.97 Å². The minimum atomic E-state index is -1.11. The lowest BCUT2D eigenvalue weighted by Crippen LogP contribution is -2.15. The summed E-state index contributed by atoms with van der Waals surface area (Å²) in [6.07, 6.45) is 1.25. The Balaban J connectivity index is 2.29. The second-order valence-corrected chi connectivity index (χ2v) is 4.55. The highest BCUT2D eigenvalue weighted by molar-refractivity contribution is 14.1. The zero-order valence-electron chi connectivity index (χ0n) is 8.85. The molecule has 2 rings (SSSR count). The van der Waals surface area contributed by atoms with Crippen molar-refractivity contribution in [3.63, 3.8) is 0 Å². The fourth-order valence-corrected chi connectivity index (χ4v) is 1.79. The first-order valence-corrected chi connectivity index (χ1v) is 5.86. The number of amides is 1. The van der Waals surface area contributed by atoms with Gasteiger partial charge in [-0.3, -0.25) is 4.79 Å². The molecule has 1 aromatic carbocycles. The van der Waals surface area contributed by atoms with Crippen molar-refractivity contribution >= 4 is 40.2 Å². The van der Waals surface area contributed by atoms with Gasteiger partial charge in [0.25, 0.3) is 5.91 Å². The molecule has 1 aromatic heterocycles. The molecule has 0 atom stereocenters. The van der Waals surface area contributed by atoms with E-state index in [0.29, 0.717) is 0 Å². The largest absolute Gasteiger partial charge is 0.478 e. The second kappa shape index (κ2) is 5.12. The molecule has 0 bridgehead atoms. The van der Waals surface area contributed by atoms with E-state index in [9.17, 15) is 9.59 Å². The molecule has 0 saturated heterocycles. The van der Waals surface area contributed by atoms with Crippen LogP contribution in [-0.2, 0) is 0 Å². The summed E-state index contributed by atoms with van der Waals surface area (Å²) in [7, 11) is 0. The number of halogens is 1. The van der Waals surface area contributed by atoms with Crippen LogP contribution in [-0.4, -0.2) is 32.4 Å². The number of nitrogens with zero attached hydrogens (tertiary/aromatic N) is 2. The van der Waals surface area contributed by atoms with Gasteiger partial charge in [0.15, 0.2) is 5.69 Å². The number of carbonyl (C=O) groups excluding carboxylic acids is 1. The van der Waals surface area contributed by atoms with Gasteiger partial charge in [-0.05, 0) is 40.8 Å². The number of benzene rings is 1. The third-order valence-corrected chi connectivity index (χ3v) is 2.78. The van der Waals surface area contributed by atoms with Crippen molar-refractivity contribution in [3.8, 4) is 0 Å². The van der Waals surface area contributed by atoms with Crippen LogP contribution in [0.3, 0.4) is 0 Å². The summed E-state index contributed by atoms with van der Waals surface area (Å²) >= 11 is 2.00. The Morgan fingerprint density at radius 2 is 2.17 bits per heavy atom. The summed E-state index contributed by atoms with van der Waals surface area (Å²) in [5, 5.41) is 20.9. The molecule has 92 valence electrons. The van der Waals surface area contributed by atoms with Gasteiger partial charge in [0, 0.05) is 3.57 Å². The molecule has 3 N–H and O–H groups in total. The number of H-pyrrole nitrogens is 1. The van der Waals surface area contributed by atoms with Gasteiger partial charge < -0.3 is 10.4 Å². The van der Waals surface area contributed by atoms with Crippen LogP contribution >= 0.6 is 22.6 Å². The number of hydrogen-bond acceptors (Lipinski definition) is 4. The minimum absolute atomic E-state index is 0.0266. The minimum Gasteiger partial charge on any atom is -0.478 e. The summed E-state index contributed by atoms with van der Waals surface area (Å²) in [6.45, 7) is 0. The first-order valence-electron chi connectivity index (χ1n) is 4.78. The number of carbonyl (C=O) groups is 2. The monoisotopic (exact) mass is 358 g/mol. The zero-order valence-corrected chi connectivity index (χ0v) is 11.0. The van der Waals surface area contributed by atoms with Crippen molar-refractivity contribution in [2.24, 2.45) is 0 Å². The molecule has 0 radical (unpaired) electrons. The molecule has 18 heavy (non-hydrogen) atoms. The zero-order chi connectivity index (χ0) is 13.1. The molecule has 0 aliphatic rings. The molecule has 1 heterocycles. The highest BCUT2D eigenvalue weighted by atomic mass is 127. The molecule has 0 spiro atoms. The lowest BCUT2D eigenvalue weighted by Gasteiger charge is -2.07. The normalized spacial score (nSPS) is 10.1. The Morgan fingerprint density at radius 1 is 1.39 bits per heavy atom. The Labute approximate surface area is 115 Å². The molecular formula is C10H7IN4O3. The maximum atomic E-state index is 11.7. The molecule has 2 aromatic rings. The Kier molecular flexibility index (Phi) is 3.55. The topological polar surface area (TPSA) is 108 Å².